The fraction of sp³-hybridized carbons (Fsp3) is 0.700. The average molecular weight is 205 g/mol. The lowest BCUT2D eigenvalue weighted by molar-refractivity contribution is 0.589. The molecule has 15 heavy (non-hydrogen) atoms. The molecule has 3 rings (SSSR count). The predicted molar refractivity (Wildman–Crippen MR) is 56.4 cm³/mol. The summed E-state index contributed by atoms with van der Waals surface area (Å²) in [7, 11) is 2.06. The Labute approximate surface area is 88.9 Å². The van der Waals surface area contributed by atoms with E-state index in [-0.39, 0.29) is 0 Å². The van der Waals surface area contributed by atoms with E-state index in [4.69, 9.17) is 0 Å². The Morgan fingerprint density at radius 3 is 2.93 bits per heavy atom. The number of nitrogens with one attached hydrogen (secondary N) is 1. The van der Waals surface area contributed by atoms with Crippen molar-refractivity contribution in [2.24, 2.45) is 17.8 Å². The number of hydrogen-bond donors (Lipinski definition) is 1. The molecule has 5 nitrogen and oxygen atoms in total. The van der Waals surface area contributed by atoms with Gasteiger partial charge in [0.25, 0.3) is 0 Å². The zero-order valence-electron chi connectivity index (χ0n) is 8.80. The number of fused-ring (bicyclic) bond motifs is 1. The standard InChI is InChI=1S/C10H15N5/c1-15(10-4-12-6-13-14-10)5-9-7-2-11-3-8(7)9/h4,6-9,11H,2-3,5H2,1H3. The summed E-state index contributed by atoms with van der Waals surface area (Å²) >= 11 is 0. The van der Waals surface area contributed by atoms with Crippen molar-refractivity contribution in [1.29, 1.82) is 0 Å². The lowest BCUT2D eigenvalue weighted by atomic mass is 10.2. The largest absolute Gasteiger partial charge is 0.357 e. The highest BCUT2D eigenvalue weighted by Crippen LogP contribution is 2.48. The first kappa shape index (κ1) is 9.03. The molecular weight excluding hydrogens is 190 g/mol. The van der Waals surface area contributed by atoms with Crippen molar-refractivity contribution in [2.75, 3.05) is 31.6 Å². The van der Waals surface area contributed by atoms with E-state index in [9.17, 15) is 0 Å². The van der Waals surface area contributed by atoms with E-state index < -0.39 is 0 Å². The van der Waals surface area contributed by atoms with Crippen LogP contribution in [-0.4, -0.2) is 41.9 Å². The summed E-state index contributed by atoms with van der Waals surface area (Å²) in [6.07, 6.45) is 3.23. The van der Waals surface area contributed by atoms with Crippen molar-refractivity contribution >= 4 is 5.82 Å². The predicted octanol–water partition coefficient (Wildman–Crippen LogP) is -0.227. The van der Waals surface area contributed by atoms with Crippen molar-refractivity contribution in [2.45, 2.75) is 0 Å². The lowest BCUT2D eigenvalue weighted by Gasteiger charge is -2.17. The van der Waals surface area contributed by atoms with Gasteiger partial charge in [0, 0.05) is 13.6 Å². The summed E-state index contributed by atoms with van der Waals surface area (Å²) in [6, 6.07) is 0. The molecule has 5 heteroatoms. The van der Waals surface area contributed by atoms with Gasteiger partial charge in [0.2, 0.25) is 0 Å². The molecule has 0 amide bonds. The van der Waals surface area contributed by atoms with Crippen molar-refractivity contribution in [1.82, 2.24) is 20.5 Å². The van der Waals surface area contributed by atoms with Crippen LogP contribution in [0.25, 0.3) is 0 Å². The topological polar surface area (TPSA) is 53.9 Å². The van der Waals surface area contributed by atoms with Gasteiger partial charge in [0.1, 0.15) is 6.33 Å². The van der Waals surface area contributed by atoms with Crippen LogP contribution in [0.15, 0.2) is 12.5 Å². The molecule has 0 bridgehead atoms. The number of hydrogen-bond acceptors (Lipinski definition) is 5. The van der Waals surface area contributed by atoms with Crippen LogP contribution in [0, 0.1) is 17.8 Å². The van der Waals surface area contributed by atoms with Crippen molar-refractivity contribution in [3.8, 4) is 0 Å². The first-order valence-corrected chi connectivity index (χ1v) is 5.41. The van der Waals surface area contributed by atoms with Crippen LogP contribution in [0.4, 0.5) is 5.82 Å². The molecule has 2 aliphatic rings. The van der Waals surface area contributed by atoms with E-state index in [0.29, 0.717) is 0 Å². The molecule has 1 aliphatic heterocycles. The highest BCUT2D eigenvalue weighted by atomic mass is 15.3. The van der Waals surface area contributed by atoms with E-state index in [0.717, 1.165) is 30.1 Å². The Morgan fingerprint density at radius 2 is 2.27 bits per heavy atom. The van der Waals surface area contributed by atoms with Gasteiger partial charge < -0.3 is 10.2 Å². The summed E-state index contributed by atoms with van der Waals surface area (Å²) in [5.74, 6) is 3.52. The summed E-state index contributed by atoms with van der Waals surface area (Å²) in [5.41, 5.74) is 0. The quantitative estimate of drug-likeness (QED) is 0.739. The second-order valence-electron chi connectivity index (χ2n) is 4.50. The highest BCUT2D eigenvalue weighted by molar-refractivity contribution is 5.33. The first-order valence-electron chi connectivity index (χ1n) is 5.41. The number of aromatic nitrogens is 3. The lowest BCUT2D eigenvalue weighted by Crippen LogP contribution is -2.26. The second kappa shape index (κ2) is 3.41. The molecule has 80 valence electrons. The number of rotatable bonds is 3. The van der Waals surface area contributed by atoms with E-state index in [1.54, 1.807) is 6.20 Å². The van der Waals surface area contributed by atoms with E-state index >= 15 is 0 Å². The van der Waals surface area contributed by atoms with Gasteiger partial charge in [-0.2, -0.15) is 0 Å². The minimum Gasteiger partial charge on any atom is -0.357 e. The van der Waals surface area contributed by atoms with E-state index in [2.05, 4.69) is 32.4 Å². The summed E-state index contributed by atoms with van der Waals surface area (Å²) in [5, 5.41) is 11.2. The second-order valence-corrected chi connectivity index (χ2v) is 4.50. The molecule has 1 saturated carbocycles. The van der Waals surface area contributed by atoms with Crippen LogP contribution >= 0.6 is 0 Å². The highest BCUT2D eigenvalue weighted by Gasteiger charge is 2.52. The van der Waals surface area contributed by atoms with Gasteiger partial charge in [-0.15, -0.1) is 10.2 Å². The average Bonchev–Trinajstić information content (AvgIpc) is 2.75. The molecule has 1 aliphatic carbocycles. The van der Waals surface area contributed by atoms with Gasteiger partial charge in [0.05, 0.1) is 6.20 Å². The molecule has 2 fully saturated rings. The van der Waals surface area contributed by atoms with Crippen molar-refractivity contribution < 1.29 is 0 Å². The number of piperidine rings is 1. The number of anilines is 1. The Kier molecular flexibility index (Phi) is 2.05. The van der Waals surface area contributed by atoms with Gasteiger partial charge in [-0.25, -0.2) is 4.98 Å². The van der Waals surface area contributed by atoms with Gasteiger partial charge in [-0.05, 0) is 30.8 Å². The fourth-order valence-electron chi connectivity index (χ4n) is 2.64. The van der Waals surface area contributed by atoms with Gasteiger partial charge in [-0.1, -0.05) is 0 Å². The third-order valence-corrected chi connectivity index (χ3v) is 3.61. The zero-order valence-corrected chi connectivity index (χ0v) is 8.80. The fourth-order valence-corrected chi connectivity index (χ4v) is 2.64. The Bertz CT molecular complexity index is 331. The number of nitrogens with zero attached hydrogens (tertiary/aromatic N) is 4. The monoisotopic (exact) mass is 205 g/mol. The molecule has 0 aromatic carbocycles. The molecule has 2 unspecified atom stereocenters. The zero-order chi connectivity index (χ0) is 10.3. The molecule has 1 saturated heterocycles. The van der Waals surface area contributed by atoms with Crippen LogP contribution in [0.1, 0.15) is 0 Å². The molecule has 1 aromatic heterocycles. The smallest absolute Gasteiger partial charge is 0.169 e. The van der Waals surface area contributed by atoms with Crippen LogP contribution in [0.3, 0.4) is 0 Å². The first-order chi connectivity index (χ1) is 7.36. The third-order valence-electron chi connectivity index (χ3n) is 3.61. The molecule has 2 atom stereocenters. The Morgan fingerprint density at radius 1 is 1.47 bits per heavy atom. The molecule has 2 heterocycles. The minimum absolute atomic E-state index is 0.846. The molecule has 1 aromatic rings. The van der Waals surface area contributed by atoms with Gasteiger partial charge in [-0.3, -0.25) is 0 Å². The van der Waals surface area contributed by atoms with Crippen LogP contribution in [0.2, 0.25) is 0 Å². The minimum atomic E-state index is 0.846. The van der Waals surface area contributed by atoms with Crippen LogP contribution in [-0.2, 0) is 0 Å². The summed E-state index contributed by atoms with van der Waals surface area (Å²) < 4.78 is 0. The maximum absolute atomic E-state index is 4.05. The van der Waals surface area contributed by atoms with Crippen LogP contribution in [0.5, 0.6) is 0 Å². The Balaban J connectivity index is 1.60. The van der Waals surface area contributed by atoms with Crippen molar-refractivity contribution in [3.63, 3.8) is 0 Å². The van der Waals surface area contributed by atoms with Gasteiger partial charge >= 0.3 is 0 Å². The molecule has 1 N–H and O–H groups in total. The van der Waals surface area contributed by atoms with Crippen LogP contribution < -0.4 is 10.2 Å². The normalized spacial score (nSPS) is 32.5. The van der Waals surface area contributed by atoms with Gasteiger partial charge in [0.15, 0.2) is 5.82 Å². The summed E-state index contributed by atoms with van der Waals surface area (Å²) in [4.78, 5) is 6.13. The maximum Gasteiger partial charge on any atom is 0.169 e. The Hall–Kier alpha value is -1.23. The van der Waals surface area contributed by atoms with E-state index in [1.807, 2.05) is 0 Å². The molecular formula is C10H15N5. The summed E-state index contributed by atoms with van der Waals surface area (Å²) in [6.45, 7) is 3.47. The SMILES string of the molecule is CN(CC1C2CNCC21)c1cncnn1. The maximum atomic E-state index is 4.05. The third kappa shape index (κ3) is 1.56. The molecule has 0 radical (unpaired) electrons. The molecule has 0 spiro atoms. The van der Waals surface area contributed by atoms with E-state index in [1.165, 1.54) is 19.4 Å². The van der Waals surface area contributed by atoms with Crippen molar-refractivity contribution in [3.05, 3.63) is 12.5 Å².